The van der Waals surface area contributed by atoms with Crippen molar-refractivity contribution in [2.24, 2.45) is 0 Å². The summed E-state index contributed by atoms with van der Waals surface area (Å²) < 4.78 is 9.63. The molecule has 1 N–H and O–H groups in total. The van der Waals surface area contributed by atoms with Gasteiger partial charge in [0.1, 0.15) is 0 Å². The van der Waals surface area contributed by atoms with E-state index in [-0.39, 0.29) is 18.9 Å². The highest BCUT2D eigenvalue weighted by atomic mass is 16.7. The van der Waals surface area contributed by atoms with Crippen molar-refractivity contribution in [3.8, 4) is 0 Å². The predicted molar refractivity (Wildman–Crippen MR) is 45.9 cm³/mol. The van der Waals surface area contributed by atoms with Gasteiger partial charge < -0.3 is 14.6 Å². The van der Waals surface area contributed by atoms with Crippen LogP contribution in [0.4, 0.5) is 0 Å². The molecule has 0 amide bonds. The Hall–Kier alpha value is -0.870. The van der Waals surface area contributed by atoms with E-state index >= 15 is 0 Å². The Morgan fingerprint density at radius 1 is 1.77 bits per heavy atom. The number of esters is 1. The van der Waals surface area contributed by atoms with Crippen LogP contribution >= 0.6 is 0 Å². The maximum Gasteiger partial charge on any atom is 0.304 e. The van der Waals surface area contributed by atoms with Crippen LogP contribution in [0.25, 0.3) is 0 Å². The molecule has 4 heteroatoms. The highest BCUT2D eigenvalue weighted by Crippen LogP contribution is 2.18. The van der Waals surface area contributed by atoms with Crippen molar-refractivity contribution in [2.45, 2.75) is 25.9 Å². The first-order valence-electron chi connectivity index (χ1n) is 4.27. The van der Waals surface area contributed by atoms with Crippen molar-refractivity contribution in [2.75, 3.05) is 13.4 Å². The highest BCUT2D eigenvalue weighted by Gasteiger charge is 2.12. The molecule has 0 aromatic rings. The van der Waals surface area contributed by atoms with Crippen molar-refractivity contribution in [3.05, 3.63) is 11.6 Å². The Kier molecular flexibility index (Phi) is 3.92. The zero-order chi connectivity index (χ0) is 9.68. The highest BCUT2D eigenvalue weighted by molar-refractivity contribution is 5.65. The molecule has 0 aromatic heterocycles. The molecule has 0 aromatic carbocycles. The third kappa shape index (κ3) is 4.05. The minimum absolute atomic E-state index is 0.0111. The van der Waals surface area contributed by atoms with Crippen molar-refractivity contribution >= 4 is 5.97 Å². The van der Waals surface area contributed by atoms with Crippen LogP contribution in [0, 0.1) is 0 Å². The lowest BCUT2D eigenvalue weighted by Crippen LogP contribution is -2.06. The van der Waals surface area contributed by atoms with E-state index < -0.39 is 0 Å². The van der Waals surface area contributed by atoms with Crippen LogP contribution in [-0.2, 0) is 14.3 Å². The molecule has 0 radical (unpaired) electrons. The number of hydrogen-bond acceptors (Lipinski definition) is 4. The zero-order valence-corrected chi connectivity index (χ0v) is 7.66. The third-order valence-corrected chi connectivity index (χ3v) is 1.82. The molecule has 0 aliphatic heterocycles. The van der Waals surface area contributed by atoms with Crippen LogP contribution in [0.15, 0.2) is 11.6 Å². The average Bonchev–Trinajstić information content (AvgIpc) is 2.45. The molecular formula is C9H14O4. The lowest BCUT2D eigenvalue weighted by Gasteiger charge is -2.03. The molecule has 74 valence electrons. The van der Waals surface area contributed by atoms with Gasteiger partial charge in [0.15, 0.2) is 6.79 Å². The van der Waals surface area contributed by atoms with Gasteiger partial charge in [-0.25, -0.2) is 0 Å². The van der Waals surface area contributed by atoms with Crippen LogP contribution < -0.4 is 0 Å². The molecule has 0 bridgehead atoms. The lowest BCUT2D eigenvalue weighted by atomic mass is 10.2. The molecule has 1 aliphatic rings. The van der Waals surface area contributed by atoms with Crippen molar-refractivity contribution in [3.63, 3.8) is 0 Å². The number of rotatable bonds is 4. The summed E-state index contributed by atoms with van der Waals surface area (Å²) in [4.78, 5) is 10.3. The predicted octanol–water partition coefficient (Wildman–Crippen LogP) is 0.605. The van der Waals surface area contributed by atoms with Crippen molar-refractivity contribution < 1.29 is 19.4 Å². The fourth-order valence-corrected chi connectivity index (χ4v) is 1.19. The Bertz CT molecular complexity index is 210. The van der Waals surface area contributed by atoms with E-state index in [1.807, 2.05) is 0 Å². The summed E-state index contributed by atoms with van der Waals surface area (Å²) in [5.41, 5.74) is 1.07. The second kappa shape index (κ2) is 4.99. The van der Waals surface area contributed by atoms with Crippen LogP contribution in [0.2, 0.25) is 0 Å². The van der Waals surface area contributed by atoms with Gasteiger partial charge in [0.25, 0.3) is 0 Å². The Morgan fingerprint density at radius 3 is 3.08 bits per heavy atom. The number of hydrogen-bond donors (Lipinski definition) is 1. The summed E-state index contributed by atoms with van der Waals surface area (Å²) in [5, 5.41) is 9.13. The van der Waals surface area contributed by atoms with Gasteiger partial charge in [-0.15, -0.1) is 0 Å². The maximum absolute atomic E-state index is 10.3. The van der Waals surface area contributed by atoms with E-state index in [4.69, 9.17) is 9.84 Å². The summed E-state index contributed by atoms with van der Waals surface area (Å²) in [5.74, 6) is -0.347. The minimum Gasteiger partial charge on any atom is -0.439 e. The van der Waals surface area contributed by atoms with E-state index in [0.29, 0.717) is 6.61 Å². The van der Waals surface area contributed by atoms with Crippen molar-refractivity contribution in [1.82, 2.24) is 0 Å². The second-order valence-corrected chi connectivity index (χ2v) is 3.03. The Morgan fingerprint density at radius 2 is 2.54 bits per heavy atom. The molecule has 1 atom stereocenters. The first kappa shape index (κ1) is 10.2. The molecule has 0 spiro atoms. The topological polar surface area (TPSA) is 55.8 Å². The van der Waals surface area contributed by atoms with Gasteiger partial charge in [-0.3, -0.25) is 4.79 Å². The van der Waals surface area contributed by atoms with Gasteiger partial charge in [0, 0.05) is 6.92 Å². The van der Waals surface area contributed by atoms with E-state index in [2.05, 4.69) is 4.74 Å². The number of ether oxygens (including phenoxy) is 2. The summed E-state index contributed by atoms with van der Waals surface area (Å²) in [7, 11) is 0. The summed E-state index contributed by atoms with van der Waals surface area (Å²) in [6.45, 7) is 1.76. The molecular weight excluding hydrogens is 172 g/mol. The maximum atomic E-state index is 10.3. The molecule has 4 nitrogen and oxygen atoms in total. The summed E-state index contributed by atoms with van der Waals surface area (Å²) in [6.07, 6.45) is 3.09. The van der Waals surface area contributed by atoms with Gasteiger partial charge >= 0.3 is 5.97 Å². The number of aliphatic hydroxyl groups is 1. The monoisotopic (exact) mass is 186 g/mol. The largest absolute Gasteiger partial charge is 0.439 e. The fraction of sp³-hybridized carbons (Fsp3) is 0.667. The van der Waals surface area contributed by atoms with Gasteiger partial charge in [0.2, 0.25) is 0 Å². The van der Waals surface area contributed by atoms with Gasteiger partial charge in [-0.2, -0.15) is 0 Å². The molecule has 13 heavy (non-hydrogen) atoms. The number of carbonyl (C=O) groups is 1. The molecule has 1 unspecified atom stereocenters. The smallest absolute Gasteiger partial charge is 0.304 e. The summed E-state index contributed by atoms with van der Waals surface area (Å²) in [6, 6.07) is 0. The molecule has 0 saturated heterocycles. The molecule has 0 saturated carbocycles. The first-order valence-corrected chi connectivity index (χ1v) is 4.27. The normalized spacial score (nSPS) is 21.4. The quantitative estimate of drug-likeness (QED) is 0.302. The van der Waals surface area contributed by atoms with E-state index in [1.165, 1.54) is 6.92 Å². The first-order chi connectivity index (χ1) is 6.18. The Balaban J connectivity index is 2.06. The molecule has 0 heterocycles. The second-order valence-electron chi connectivity index (χ2n) is 3.03. The molecule has 0 fully saturated rings. The molecule has 1 rings (SSSR count). The standard InChI is InChI=1S/C9H14O4/c1-7(10)13-6-12-5-8-2-3-9(11)4-8/h4,9,11H,2-3,5-6H2,1H3. The Labute approximate surface area is 77.1 Å². The fourth-order valence-electron chi connectivity index (χ4n) is 1.19. The van der Waals surface area contributed by atoms with Gasteiger partial charge in [0.05, 0.1) is 12.7 Å². The lowest BCUT2D eigenvalue weighted by molar-refractivity contribution is -0.152. The van der Waals surface area contributed by atoms with Crippen LogP contribution in [0.5, 0.6) is 0 Å². The SMILES string of the molecule is CC(=O)OCOCC1=CC(O)CC1. The number of aliphatic hydroxyl groups excluding tert-OH is 1. The van der Waals surface area contributed by atoms with Crippen molar-refractivity contribution in [1.29, 1.82) is 0 Å². The van der Waals surface area contributed by atoms with E-state index in [1.54, 1.807) is 6.08 Å². The average molecular weight is 186 g/mol. The van der Waals surface area contributed by atoms with Crippen LogP contribution in [0.1, 0.15) is 19.8 Å². The van der Waals surface area contributed by atoms with Gasteiger partial charge in [-0.05, 0) is 18.4 Å². The molecule has 1 aliphatic carbocycles. The van der Waals surface area contributed by atoms with Crippen LogP contribution in [0.3, 0.4) is 0 Å². The zero-order valence-electron chi connectivity index (χ0n) is 7.66. The third-order valence-electron chi connectivity index (χ3n) is 1.82. The van der Waals surface area contributed by atoms with Gasteiger partial charge in [-0.1, -0.05) is 6.08 Å². The van der Waals surface area contributed by atoms with E-state index in [9.17, 15) is 4.79 Å². The summed E-state index contributed by atoms with van der Waals surface area (Å²) >= 11 is 0. The van der Waals surface area contributed by atoms with E-state index in [0.717, 1.165) is 18.4 Å². The van der Waals surface area contributed by atoms with Crippen LogP contribution in [-0.4, -0.2) is 30.6 Å². The minimum atomic E-state index is -0.347. The number of carbonyl (C=O) groups excluding carboxylic acids is 1.